The molecule has 1 spiro atoms. The van der Waals surface area contributed by atoms with E-state index in [2.05, 4.69) is 20.9 Å². The summed E-state index contributed by atoms with van der Waals surface area (Å²) in [5.41, 5.74) is 2.65. The smallest absolute Gasteiger partial charge is 0.325 e. The molecule has 2 aromatic rings. The van der Waals surface area contributed by atoms with Gasteiger partial charge in [-0.15, -0.1) is 11.3 Å². The molecule has 160 valence electrons. The maximum Gasteiger partial charge on any atom is 0.325 e. The molecular formula is C21H21N5O4S. The molecule has 5 amide bonds. The average molecular weight is 439 g/mol. The summed E-state index contributed by atoms with van der Waals surface area (Å²) in [6.07, 6.45) is 4.16. The molecule has 1 aromatic carbocycles. The molecule has 1 saturated carbocycles. The van der Waals surface area contributed by atoms with Crippen LogP contribution in [-0.4, -0.2) is 45.7 Å². The number of fused-ring (bicyclic) bond motifs is 1. The van der Waals surface area contributed by atoms with Crippen molar-refractivity contribution in [2.75, 3.05) is 17.2 Å². The van der Waals surface area contributed by atoms with Gasteiger partial charge in [-0.3, -0.25) is 19.3 Å². The van der Waals surface area contributed by atoms with Crippen LogP contribution in [0.1, 0.15) is 37.7 Å². The van der Waals surface area contributed by atoms with Gasteiger partial charge in [0.15, 0.2) is 5.13 Å². The highest BCUT2D eigenvalue weighted by molar-refractivity contribution is 7.14. The maximum atomic E-state index is 12.7. The van der Waals surface area contributed by atoms with Gasteiger partial charge in [0, 0.05) is 23.1 Å². The third kappa shape index (κ3) is 3.56. The number of benzene rings is 1. The first-order valence-corrected chi connectivity index (χ1v) is 11.1. The Morgan fingerprint density at radius 1 is 1.19 bits per heavy atom. The summed E-state index contributed by atoms with van der Waals surface area (Å²) in [6, 6.07) is 5.21. The van der Waals surface area contributed by atoms with Gasteiger partial charge in [-0.2, -0.15) is 0 Å². The Kier molecular flexibility index (Phi) is 4.73. The van der Waals surface area contributed by atoms with Gasteiger partial charge in [0.25, 0.3) is 5.91 Å². The van der Waals surface area contributed by atoms with Crippen LogP contribution in [0.25, 0.3) is 11.3 Å². The SMILES string of the molecule is O=C(CN1C(=O)NC2(CCCC2)C1=O)Nc1nc(-c2ccc3c(c2)CCC(=O)N3)cs1. The van der Waals surface area contributed by atoms with Gasteiger partial charge in [-0.05, 0) is 37.0 Å². The lowest BCUT2D eigenvalue weighted by atomic mass is 9.98. The number of urea groups is 1. The van der Waals surface area contributed by atoms with Crippen molar-refractivity contribution in [3.05, 3.63) is 29.1 Å². The maximum absolute atomic E-state index is 12.7. The molecule has 5 rings (SSSR count). The molecule has 1 aliphatic carbocycles. The molecule has 3 N–H and O–H groups in total. The van der Waals surface area contributed by atoms with Gasteiger partial charge in [-0.1, -0.05) is 18.9 Å². The Morgan fingerprint density at radius 3 is 2.81 bits per heavy atom. The van der Waals surface area contributed by atoms with E-state index in [1.165, 1.54) is 11.3 Å². The number of hydrogen-bond donors (Lipinski definition) is 3. The summed E-state index contributed by atoms with van der Waals surface area (Å²) in [5.74, 6) is -0.762. The zero-order valence-corrected chi connectivity index (χ0v) is 17.5. The monoisotopic (exact) mass is 439 g/mol. The second-order valence-corrected chi connectivity index (χ2v) is 8.97. The molecule has 0 unspecified atom stereocenters. The molecule has 2 aliphatic heterocycles. The second-order valence-electron chi connectivity index (χ2n) is 8.12. The Bertz CT molecular complexity index is 1100. The van der Waals surface area contributed by atoms with Gasteiger partial charge in [0.2, 0.25) is 11.8 Å². The number of nitrogens with one attached hydrogen (secondary N) is 3. The van der Waals surface area contributed by atoms with Gasteiger partial charge in [0.1, 0.15) is 12.1 Å². The lowest BCUT2D eigenvalue weighted by molar-refractivity contribution is -0.133. The molecule has 3 aliphatic rings. The summed E-state index contributed by atoms with van der Waals surface area (Å²) in [6.45, 7) is -0.333. The molecule has 10 heteroatoms. The standard InChI is InChI=1S/C21H21N5O4S/c27-16-6-4-12-9-13(3-5-14(12)22-16)15-11-31-19(23-15)24-17(28)10-26-18(29)21(25-20(26)30)7-1-2-8-21/h3,5,9,11H,1-2,4,6-8,10H2,(H,22,27)(H,25,30)(H,23,24,28). The summed E-state index contributed by atoms with van der Waals surface area (Å²) < 4.78 is 0. The number of nitrogens with zero attached hydrogens (tertiary/aromatic N) is 2. The zero-order chi connectivity index (χ0) is 21.6. The zero-order valence-electron chi connectivity index (χ0n) is 16.7. The van der Waals surface area contributed by atoms with Gasteiger partial charge >= 0.3 is 6.03 Å². The first kappa shape index (κ1) is 19.7. The number of carbonyl (C=O) groups is 4. The predicted molar refractivity (Wildman–Crippen MR) is 115 cm³/mol. The normalized spacial score (nSPS) is 19.4. The topological polar surface area (TPSA) is 120 Å². The highest BCUT2D eigenvalue weighted by Gasteiger charge is 2.52. The minimum Gasteiger partial charge on any atom is -0.326 e. The van der Waals surface area contributed by atoms with E-state index in [1.54, 1.807) is 0 Å². The van der Waals surface area contributed by atoms with Crippen molar-refractivity contribution in [3.8, 4) is 11.3 Å². The minimum atomic E-state index is -0.822. The Balaban J connectivity index is 1.25. The number of aryl methyl sites for hydroxylation is 1. The van der Waals surface area contributed by atoms with Gasteiger partial charge < -0.3 is 16.0 Å². The van der Waals surface area contributed by atoms with E-state index >= 15 is 0 Å². The van der Waals surface area contributed by atoms with E-state index in [0.717, 1.165) is 34.6 Å². The predicted octanol–water partition coefficient (Wildman–Crippen LogP) is 2.50. The number of thiazole rings is 1. The quantitative estimate of drug-likeness (QED) is 0.632. The molecule has 1 aromatic heterocycles. The van der Waals surface area contributed by atoms with E-state index in [-0.39, 0.29) is 18.4 Å². The second kappa shape index (κ2) is 7.45. The molecule has 3 heterocycles. The van der Waals surface area contributed by atoms with E-state index < -0.39 is 17.5 Å². The Morgan fingerprint density at radius 2 is 2.00 bits per heavy atom. The van der Waals surface area contributed by atoms with Crippen molar-refractivity contribution < 1.29 is 19.2 Å². The van der Waals surface area contributed by atoms with Crippen molar-refractivity contribution >= 4 is 45.9 Å². The van der Waals surface area contributed by atoms with Crippen LogP contribution in [0.4, 0.5) is 15.6 Å². The van der Waals surface area contributed by atoms with E-state index in [9.17, 15) is 19.2 Å². The fourth-order valence-electron chi connectivity index (χ4n) is 4.45. The number of amides is 5. The van der Waals surface area contributed by atoms with Crippen LogP contribution in [0.2, 0.25) is 0 Å². The first-order chi connectivity index (χ1) is 14.9. The fraction of sp³-hybridized carbons (Fsp3) is 0.381. The van der Waals surface area contributed by atoms with Crippen LogP contribution in [0, 0.1) is 0 Å². The van der Waals surface area contributed by atoms with Crippen LogP contribution >= 0.6 is 11.3 Å². The molecule has 0 atom stereocenters. The molecule has 1 saturated heterocycles. The largest absolute Gasteiger partial charge is 0.326 e. The van der Waals surface area contributed by atoms with Crippen LogP contribution in [-0.2, 0) is 20.8 Å². The number of hydrogen-bond acceptors (Lipinski definition) is 6. The summed E-state index contributed by atoms with van der Waals surface area (Å²) >= 11 is 1.27. The minimum absolute atomic E-state index is 0.0166. The Labute approximate surface area is 182 Å². The summed E-state index contributed by atoms with van der Waals surface area (Å²) in [5, 5.41) is 10.5. The van der Waals surface area contributed by atoms with Crippen molar-refractivity contribution in [2.45, 2.75) is 44.1 Å². The molecule has 0 bridgehead atoms. The number of rotatable bonds is 4. The van der Waals surface area contributed by atoms with Crippen molar-refractivity contribution in [1.82, 2.24) is 15.2 Å². The molecule has 2 fully saturated rings. The highest BCUT2D eigenvalue weighted by Crippen LogP contribution is 2.35. The number of carbonyl (C=O) groups excluding carboxylic acids is 4. The van der Waals surface area contributed by atoms with Crippen LogP contribution in [0.5, 0.6) is 0 Å². The lowest BCUT2D eigenvalue weighted by Crippen LogP contribution is -2.44. The fourth-order valence-corrected chi connectivity index (χ4v) is 5.18. The average Bonchev–Trinajstić information content (AvgIpc) is 3.46. The lowest BCUT2D eigenvalue weighted by Gasteiger charge is -2.19. The van der Waals surface area contributed by atoms with E-state index in [1.807, 2.05) is 23.6 Å². The van der Waals surface area contributed by atoms with E-state index in [0.29, 0.717) is 36.5 Å². The van der Waals surface area contributed by atoms with E-state index in [4.69, 9.17) is 0 Å². The number of imide groups is 1. The van der Waals surface area contributed by atoms with Gasteiger partial charge in [-0.25, -0.2) is 9.78 Å². The first-order valence-electron chi connectivity index (χ1n) is 10.3. The van der Waals surface area contributed by atoms with Crippen LogP contribution in [0.3, 0.4) is 0 Å². The molecule has 9 nitrogen and oxygen atoms in total. The van der Waals surface area contributed by atoms with Crippen molar-refractivity contribution in [1.29, 1.82) is 0 Å². The number of aromatic nitrogens is 1. The Hall–Kier alpha value is -3.27. The number of anilines is 2. The molecule has 0 radical (unpaired) electrons. The van der Waals surface area contributed by atoms with Crippen molar-refractivity contribution in [3.63, 3.8) is 0 Å². The summed E-state index contributed by atoms with van der Waals surface area (Å²) in [4.78, 5) is 54.4. The third-order valence-corrected chi connectivity index (χ3v) is 6.81. The summed E-state index contributed by atoms with van der Waals surface area (Å²) in [7, 11) is 0. The van der Waals surface area contributed by atoms with Gasteiger partial charge in [0.05, 0.1) is 5.69 Å². The third-order valence-electron chi connectivity index (χ3n) is 6.05. The van der Waals surface area contributed by atoms with Crippen LogP contribution < -0.4 is 16.0 Å². The molecular weight excluding hydrogens is 418 g/mol. The molecule has 31 heavy (non-hydrogen) atoms. The van der Waals surface area contributed by atoms with Crippen molar-refractivity contribution in [2.24, 2.45) is 0 Å². The van der Waals surface area contributed by atoms with Crippen LogP contribution in [0.15, 0.2) is 23.6 Å². The highest BCUT2D eigenvalue weighted by atomic mass is 32.1.